The summed E-state index contributed by atoms with van der Waals surface area (Å²) in [5.41, 5.74) is 0.517. The van der Waals surface area contributed by atoms with Crippen LogP contribution >= 0.6 is 0 Å². The van der Waals surface area contributed by atoms with E-state index in [2.05, 4.69) is 30.6 Å². The summed E-state index contributed by atoms with van der Waals surface area (Å²) in [6.45, 7) is 24.2. The first-order chi connectivity index (χ1) is 61.7. The van der Waals surface area contributed by atoms with Gasteiger partial charge in [-0.15, -0.1) is 0 Å². The third-order valence-electron chi connectivity index (χ3n) is 22.7. The van der Waals surface area contributed by atoms with Gasteiger partial charge >= 0.3 is 5.63 Å². The predicted octanol–water partition coefficient (Wildman–Crippen LogP) is 0.940. The molecule has 0 radical (unpaired) electrons. The maximum absolute atomic E-state index is 13.2. The zero-order valence-electron chi connectivity index (χ0n) is 74.4. The van der Waals surface area contributed by atoms with E-state index in [0.717, 1.165) is 61.1 Å². The van der Waals surface area contributed by atoms with Gasteiger partial charge in [-0.1, -0.05) is 25.5 Å². The number of nitrogens with zero attached hydrogens (tertiary/aromatic N) is 1. The highest BCUT2D eigenvalue weighted by Gasteiger charge is 2.67. The van der Waals surface area contributed by atoms with Crippen LogP contribution in [0.15, 0.2) is 51.4 Å². The van der Waals surface area contributed by atoms with Crippen molar-refractivity contribution < 1.29 is 167 Å². The number of hydrogen-bond donors (Lipinski definition) is 6. The molecule has 0 bridgehead atoms. The first kappa shape index (κ1) is 108. The van der Waals surface area contributed by atoms with Gasteiger partial charge in [0.2, 0.25) is 11.8 Å². The highest BCUT2D eigenvalue weighted by Crippen LogP contribution is 2.70. The van der Waals surface area contributed by atoms with E-state index in [1.54, 1.807) is 6.26 Å². The molecule has 726 valence electrons. The Balaban J connectivity index is 0.501. The van der Waals surface area contributed by atoms with Crippen molar-refractivity contribution in [2.75, 3.05) is 337 Å². The lowest BCUT2D eigenvalue weighted by molar-refractivity contribution is -0.279. The van der Waals surface area contributed by atoms with Crippen LogP contribution in [0.5, 0.6) is 0 Å². The second-order valence-corrected chi connectivity index (χ2v) is 31.1. The van der Waals surface area contributed by atoms with Crippen LogP contribution in [-0.4, -0.2) is 428 Å². The Morgan fingerprint density at radius 1 is 0.429 bits per heavy atom. The fraction of sp³-hybridized carbons (Fsp3) is 0.851. The van der Waals surface area contributed by atoms with Crippen molar-refractivity contribution in [1.82, 2.24) is 15.5 Å². The van der Waals surface area contributed by atoms with Crippen LogP contribution in [0.25, 0.3) is 0 Å². The van der Waals surface area contributed by atoms with Gasteiger partial charge in [-0.3, -0.25) is 24.1 Å². The molecule has 4 amide bonds. The lowest BCUT2D eigenvalue weighted by atomic mass is 9.45. The van der Waals surface area contributed by atoms with E-state index in [1.807, 2.05) is 6.07 Å². The predicted molar refractivity (Wildman–Crippen MR) is 449 cm³/mol. The number of fused-ring (bicyclic) bond motifs is 5. The van der Waals surface area contributed by atoms with Gasteiger partial charge in [0.25, 0.3) is 11.8 Å². The minimum absolute atomic E-state index is 0.0285. The molecule has 6 N–H and O–H groups in total. The van der Waals surface area contributed by atoms with E-state index in [-0.39, 0.29) is 73.5 Å². The van der Waals surface area contributed by atoms with Crippen LogP contribution in [0, 0.1) is 22.7 Å². The third kappa shape index (κ3) is 42.5. The van der Waals surface area contributed by atoms with Crippen LogP contribution in [0.2, 0.25) is 0 Å². The lowest BCUT2D eigenvalue weighted by Gasteiger charge is -2.62. The highest BCUT2D eigenvalue weighted by molar-refractivity contribution is 6.14. The monoisotopic (exact) mass is 1810 g/mol. The molecule has 126 heavy (non-hydrogen) atoms. The van der Waals surface area contributed by atoms with Crippen molar-refractivity contribution in [2.45, 2.75) is 120 Å². The number of ether oxygens (including phenoxy) is 26. The fourth-order valence-corrected chi connectivity index (χ4v) is 16.0. The molecule has 4 fully saturated rings. The Morgan fingerprint density at radius 2 is 0.786 bits per heavy atom. The summed E-state index contributed by atoms with van der Waals surface area (Å²) in [5.74, 6) is -1.38. The molecule has 4 aliphatic carbocycles. The number of hydrogen-bond acceptors (Lipinski definition) is 36. The van der Waals surface area contributed by atoms with Crippen molar-refractivity contribution in [2.24, 2.45) is 22.7 Å². The van der Waals surface area contributed by atoms with Crippen LogP contribution in [-0.2, 0) is 142 Å². The van der Waals surface area contributed by atoms with E-state index >= 15 is 0 Å². The topological polar surface area (TPSA) is 447 Å². The average molecular weight is 1810 g/mol. The molecule has 39 nitrogen and oxygen atoms in total. The molecule has 0 spiro atoms. The number of amides is 4. The third-order valence-corrected chi connectivity index (χ3v) is 22.7. The number of nitrogens with one attached hydrogen (secondary N) is 2. The molecular formula is C87H147N3O36. The Morgan fingerprint density at radius 3 is 1.13 bits per heavy atom. The van der Waals surface area contributed by atoms with E-state index in [4.69, 9.17) is 128 Å². The Hall–Kier alpha value is -4.69. The molecular weight excluding hydrogens is 1660 g/mol. The smallest absolute Gasteiger partial charge is 0.335 e. The van der Waals surface area contributed by atoms with E-state index in [1.165, 1.54) is 11.6 Å². The zero-order valence-corrected chi connectivity index (χ0v) is 74.4. The van der Waals surface area contributed by atoms with Crippen LogP contribution in [0.4, 0.5) is 0 Å². The summed E-state index contributed by atoms with van der Waals surface area (Å²) in [5, 5.41) is 50.2. The zero-order chi connectivity index (χ0) is 89.5. The quantitative estimate of drug-likeness (QED) is 0.0300. The van der Waals surface area contributed by atoms with Gasteiger partial charge in [0, 0.05) is 36.6 Å². The van der Waals surface area contributed by atoms with E-state index in [9.17, 15) is 44.4 Å². The number of aliphatic hydroxyl groups excluding tert-OH is 3. The van der Waals surface area contributed by atoms with Gasteiger partial charge in [0.05, 0.1) is 342 Å². The standard InChI is InChI=1S/C87H147N3O36/c1-85-13-9-71(65-70(85)4-5-74-73(85)10-14-86(2)72(11-15-87(74,86)99)69-3-8-80(96)124-68-69)125-84-81(83(98)82(97)75(67-91)126-84)89-76(92)12-17-100-19-21-102-23-25-104-27-29-106-31-33-108-35-37-110-39-41-112-43-45-114-47-49-116-51-53-118-55-57-120-59-61-122-63-64-123-62-60-121-58-56-119-54-52-117-50-48-115-46-44-113-42-40-111-38-36-109-34-32-107-30-28-105-26-24-103-22-20-101-18-16-88-77(93)66-90-78(94)6-7-79(90)95/h3,6-8,65,68,71-75,81-84,91,97-99H,4-5,9-64,66-67H2,1-2H3,(H,88,93)(H,89,92)/t71-,72+,73?,74?,75?,81?,82-,83+,84+,85-,86+,87-/m0/s1. The number of allylic oxidation sites excluding steroid dienone is 1. The van der Waals surface area contributed by atoms with Gasteiger partial charge in [0.1, 0.15) is 30.9 Å². The molecule has 1 aromatic heterocycles. The van der Waals surface area contributed by atoms with Gasteiger partial charge in [-0.25, -0.2) is 4.79 Å². The number of aliphatic hydroxyl groups is 4. The van der Waals surface area contributed by atoms with Crippen LogP contribution in [0.1, 0.15) is 83.1 Å². The molecule has 6 aliphatic rings. The highest BCUT2D eigenvalue weighted by atomic mass is 16.7. The second kappa shape index (κ2) is 67.5. The van der Waals surface area contributed by atoms with Crippen molar-refractivity contribution in [3.05, 3.63) is 58.2 Å². The normalized spacial score (nSPS) is 24.0. The molecule has 1 saturated heterocycles. The SMILES string of the molecule is C[C@]12CC[C@H](O[C@@H]3OC(CO)[C@H](O)[C@H](O)C3NC(=O)CCOCCOCCOCCOCCOCCOCCOCCOCCOCCOCCOCCOCCOCCOCCOCCOCCOCCOCCOCCOCCOCCOCCOCCOCCNC(=O)CN3C(=O)C=CC3=O)C=C1CCC1C2CC[C@]2(C)[C@@H](c3ccc(=O)oc3)CC[C@]12O. The van der Waals surface area contributed by atoms with E-state index < -0.39 is 72.6 Å². The molecule has 2 aliphatic heterocycles. The molecule has 12 atom stereocenters. The van der Waals surface area contributed by atoms with Gasteiger partial charge in [-0.05, 0) is 86.2 Å². The summed E-state index contributed by atoms with van der Waals surface area (Å²) in [7, 11) is 0. The first-order valence-corrected chi connectivity index (χ1v) is 44.9. The number of carbonyl (C=O) groups is 4. The van der Waals surface area contributed by atoms with Crippen molar-refractivity contribution in [3.63, 3.8) is 0 Å². The summed E-state index contributed by atoms with van der Waals surface area (Å²) < 4.78 is 151. The van der Waals surface area contributed by atoms with Gasteiger partial charge in [-0.2, -0.15) is 0 Å². The summed E-state index contributed by atoms with van der Waals surface area (Å²) >= 11 is 0. The van der Waals surface area contributed by atoms with Crippen LogP contribution < -0.4 is 16.3 Å². The maximum atomic E-state index is 13.2. The molecule has 39 heteroatoms. The van der Waals surface area contributed by atoms with E-state index in [0.29, 0.717) is 310 Å². The average Bonchev–Trinajstić information content (AvgIpc) is 1.47. The van der Waals surface area contributed by atoms with Crippen molar-refractivity contribution in [1.29, 1.82) is 0 Å². The molecule has 0 aromatic carbocycles. The summed E-state index contributed by atoms with van der Waals surface area (Å²) in [4.78, 5) is 60.7. The van der Waals surface area contributed by atoms with Crippen molar-refractivity contribution >= 4 is 23.6 Å². The number of carbonyl (C=O) groups excluding carboxylic acids is 4. The maximum Gasteiger partial charge on any atom is 0.335 e. The molecule has 4 unspecified atom stereocenters. The fourth-order valence-electron chi connectivity index (χ4n) is 16.0. The molecule has 7 rings (SSSR count). The second-order valence-electron chi connectivity index (χ2n) is 31.1. The largest absolute Gasteiger partial charge is 0.431 e. The Bertz CT molecular complexity index is 3070. The molecule has 1 aromatic rings. The Kier molecular flexibility index (Phi) is 58.0. The van der Waals surface area contributed by atoms with Crippen molar-refractivity contribution in [3.8, 4) is 0 Å². The molecule has 3 saturated carbocycles. The molecule has 3 heterocycles. The van der Waals surface area contributed by atoms with Crippen LogP contribution in [0.3, 0.4) is 0 Å². The number of rotatable bonds is 82. The lowest BCUT2D eigenvalue weighted by Crippen LogP contribution is -2.65. The van der Waals surface area contributed by atoms with Gasteiger partial charge < -0.3 is 159 Å². The van der Waals surface area contributed by atoms with Gasteiger partial charge in [0.15, 0.2) is 6.29 Å². The first-order valence-electron chi connectivity index (χ1n) is 44.9. The summed E-state index contributed by atoms with van der Waals surface area (Å²) in [6.07, 6.45) is 6.81. The summed E-state index contributed by atoms with van der Waals surface area (Å²) in [6, 6.07) is 2.21. The minimum Gasteiger partial charge on any atom is -0.431 e. The Labute approximate surface area is 741 Å². The minimum atomic E-state index is -1.47. The number of imide groups is 1.